The maximum absolute atomic E-state index is 13.7. The van der Waals surface area contributed by atoms with Crippen LogP contribution in [0.15, 0.2) is 36.5 Å². The van der Waals surface area contributed by atoms with E-state index in [1.54, 1.807) is 41.5 Å². The smallest absolute Gasteiger partial charge is 0.424 e. The van der Waals surface area contributed by atoms with E-state index in [9.17, 15) is 36.7 Å². The molecule has 0 radical (unpaired) electrons. The third kappa shape index (κ3) is 9.86. The first kappa shape index (κ1) is 37.9. The molecule has 0 spiro atoms. The molecule has 0 bridgehead atoms. The van der Waals surface area contributed by atoms with Gasteiger partial charge in [-0.3, -0.25) is 4.79 Å². The highest BCUT2D eigenvalue weighted by Crippen LogP contribution is 2.36. The molecular weight excluding hydrogens is 696 g/mol. The molecule has 19 heteroatoms. The van der Waals surface area contributed by atoms with Crippen molar-refractivity contribution in [3.05, 3.63) is 47.1 Å². The van der Waals surface area contributed by atoms with E-state index in [4.69, 9.17) is 30.5 Å². The maximum Gasteiger partial charge on any atom is 0.424 e. The largest absolute Gasteiger partial charge is 0.482 e. The molecule has 0 aliphatic carbocycles. The fraction of sp³-hybridized carbons (Fsp3) is 0.484. The third-order valence-corrected chi connectivity index (χ3v) is 7.02. The molecule has 2 aromatic heterocycles. The molecule has 1 saturated heterocycles. The Morgan fingerprint density at radius 3 is 2.32 bits per heavy atom. The van der Waals surface area contributed by atoms with Crippen molar-refractivity contribution in [2.24, 2.45) is 5.41 Å². The van der Waals surface area contributed by atoms with Gasteiger partial charge in [-0.05, 0) is 50.5 Å². The number of fused-ring (bicyclic) bond motifs is 1. The zero-order chi connectivity index (χ0) is 37.2. The monoisotopic (exact) mass is 730 g/mol. The lowest BCUT2D eigenvalue weighted by atomic mass is 9.87. The summed E-state index contributed by atoms with van der Waals surface area (Å²) in [5.74, 6) is -2.72. The summed E-state index contributed by atoms with van der Waals surface area (Å²) in [6.07, 6.45) is -6.91. The highest BCUT2D eigenvalue weighted by atomic mass is 35.5. The van der Waals surface area contributed by atoms with Gasteiger partial charge in [0.25, 0.3) is 11.9 Å². The summed E-state index contributed by atoms with van der Waals surface area (Å²) in [5, 5.41) is 6.88. The van der Waals surface area contributed by atoms with Crippen molar-refractivity contribution in [3.8, 4) is 5.75 Å². The number of alkyl halides is 4. The molecule has 1 unspecified atom stereocenters. The number of anilines is 2. The van der Waals surface area contributed by atoms with E-state index in [0.717, 1.165) is 17.0 Å². The van der Waals surface area contributed by atoms with Crippen molar-refractivity contribution in [3.63, 3.8) is 0 Å². The second-order valence-corrected chi connectivity index (χ2v) is 13.7. The standard InChI is InChI=1S/C31H35ClF4N6O8/c1-29(2,3)23(38-27(45)50-30(4,5)6)25(44)48-16-49-28(46)42(26-37-22-12-18(32)9-10-41(22)39-26)20-8-7-17(24(43)40-13-19(33)14-40)11-21(20)47-15-31(34,35)36/h7-12,19,23H,13-16H2,1-6H3,(H,38,45). The van der Waals surface area contributed by atoms with Gasteiger partial charge in [-0.25, -0.2) is 28.2 Å². The number of carbonyl (C=O) groups is 4. The summed E-state index contributed by atoms with van der Waals surface area (Å²) in [7, 11) is 0. The van der Waals surface area contributed by atoms with Crippen LogP contribution in [0.5, 0.6) is 5.75 Å². The van der Waals surface area contributed by atoms with Gasteiger partial charge in [-0.2, -0.15) is 18.2 Å². The number of halogens is 5. The lowest BCUT2D eigenvalue weighted by Crippen LogP contribution is -2.51. The molecule has 50 heavy (non-hydrogen) atoms. The Labute approximate surface area is 288 Å². The molecule has 1 aromatic carbocycles. The Morgan fingerprint density at radius 1 is 1.04 bits per heavy atom. The number of nitrogens with zero attached hydrogens (tertiary/aromatic N) is 5. The van der Waals surface area contributed by atoms with Crippen LogP contribution in [0.25, 0.3) is 5.65 Å². The van der Waals surface area contributed by atoms with Gasteiger partial charge in [0.15, 0.2) is 12.3 Å². The van der Waals surface area contributed by atoms with Gasteiger partial charge in [-0.15, -0.1) is 5.10 Å². The number of aromatic nitrogens is 3. The minimum absolute atomic E-state index is 0.126. The molecule has 1 aliphatic rings. The minimum atomic E-state index is -4.83. The number of hydrogen-bond acceptors (Lipinski definition) is 10. The third-order valence-electron chi connectivity index (χ3n) is 6.78. The first-order valence-electron chi connectivity index (χ1n) is 15.0. The van der Waals surface area contributed by atoms with E-state index in [-0.39, 0.29) is 29.3 Å². The molecule has 1 N–H and O–H groups in total. The number of nitrogens with one attached hydrogen (secondary N) is 1. The van der Waals surface area contributed by atoms with E-state index < -0.39 is 84.3 Å². The molecule has 272 valence electrons. The molecule has 1 aliphatic heterocycles. The summed E-state index contributed by atoms with van der Waals surface area (Å²) in [4.78, 5) is 58.0. The molecule has 1 atom stereocenters. The Bertz CT molecular complexity index is 1750. The van der Waals surface area contributed by atoms with Crippen LogP contribution in [0.2, 0.25) is 5.02 Å². The van der Waals surface area contributed by atoms with E-state index in [1.165, 1.54) is 28.9 Å². The lowest BCUT2D eigenvalue weighted by molar-refractivity contribution is -0.157. The van der Waals surface area contributed by atoms with Crippen LogP contribution < -0.4 is 15.0 Å². The second kappa shape index (κ2) is 14.5. The number of esters is 1. The lowest BCUT2D eigenvalue weighted by Gasteiger charge is -2.34. The zero-order valence-electron chi connectivity index (χ0n) is 27.8. The zero-order valence-corrected chi connectivity index (χ0v) is 28.6. The van der Waals surface area contributed by atoms with E-state index in [0.29, 0.717) is 4.90 Å². The first-order chi connectivity index (χ1) is 23.1. The molecule has 3 heterocycles. The summed E-state index contributed by atoms with van der Waals surface area (Å²) in [6, 6.07) is 4.83. The van der Waals surface area contributed by atoms with Crippen LogP contribution in [0.3, 0.4) is 0 Å². The van der Waals surface area contributed by atoms with Gasteiger partial charge in [-0.1, -0.05) is 32.4 Å². The molecule has 1 fully saturated rings. The quantitative estimate of drug-likeness (QED) is 0.162. The highest BCUT2D eigenvalue weighted by Gasteiger charge is 2.37. The molecule has 3 amide bonds. The van der Waals surface area contributed by atoms with Crippen LogP contribution in [0.1, 0.15) is 51.9 Å². The van der Waals surface area contributed by atoms with Gasteiger partial charge >= 0.3 is 24.3 Å². The number of carbonyl (C=O) groups excluding carboxylic acids is 4. The highest BCUT2D eigenvalue weighted by molar-refractivity contribution is 6.30. The summed E-state index contributed by atoms with van der Waals surface area (Å²) < 4.78 is 75.2. The van der Waals surface area contributed by atoms with Crippen LogP contribution in [0.4, 0.5) is 38.8 Å². The first-order valence-corrected chi connectivity index (χ1v) is 15.4. The fourth-order valence-electron chi connectivity index (χ4n) is 4.45. The Hall–Kier alpha value is -4.87. The van der Waals surface area contributed by atoms with Crippen LogP contribution in [-0.4, -0.2) is 94.0 Å². The number of alkyl carbamates (subject to hydrolysis) is 1. The van der Waals surface area contributed by atoms with Crippen LogP contribution >= 0.6 is 11.6 Å². The summed E-state index contributed by atoms with van der Waals surface area (Å²) in [6.45, 7) is 6.57. The molecule has 3 aromatic rings. The Kier molecular flexibility index (Phi) is 11.0. The van der Waals surface area contributed by atoms with E-state index in [1.807, 2.05) is 0 Å². The minimum Gasteiger partial charge on any atom is -0.482 e. The van der Waals surface area contributed by atoms with Crippen molar-refractivity contribution >= 4 is 52.9 Å². The SMILES string of the molecule is CC(C)(C)OC(=O)NC(C(=O)OCOC(=O)N(c1nc2cc(Cl)ccn2n1)c1ccc(C(=O)N2CC(F)C2)cc1OCC(F)(F)F)C(C)(C)C. The van der Waals surface area contributed by atoms with Crippen molar-refractivity contribution in [2.45, 2.75) is 65.5 Å². The number of hydrogen-bond donors (Lipinski definition) is 1. The van der Waals surface area contributed by atoms with Crippen molar-refractivity contribution in [1.29, 1.82) is 0 Å². The van der Waals surface area contributed by atoms with Gasteiger partial charge in [0.2, 0.25) is 6.79 Å². The second-order valence-electron chi connectivity index (χ2n) is 13.2. The predicted molar refractivity (Wildman–Crippen MR) is 169 cm³/mol. The Morgan fingerprint density at radius 2 is 1.72 bits per heavy atom. The number of likely N-dealkylation sites (tertiary alicyclic amines) is 1. The molecule has 14 nitrogen and oxygen atoms in total. The normalized spacial score (nSPS) is 14.4. The summed E-state index contributed by atoms with van der Waals surface area (Å²) in [5.41, 5.74) is -2.18. The molecular formula is C31H35ClF4N6O8. The summed E-state index contributed by atoms with van der Waals surface area (Å²) >= 11 is 6.06. The van der Waals surface area contributed by atoms with Crippen LogP contribution in [-0.2, 0) is 19.0 Å². The number of rotatable bonds is 9. The van der Waals surface area contributed by atoms with Gasteiger partial charge in [0.1, 0.15) is 23.6 Å². The van der Waals surface area contributed by atoms with Gasteiger partial charge in [0, 0.05) is 22.8 Å². The van der Waals surface area contributed by atoms with Gasteiger partial charge in [0.05, 0.1) is 18.8 Å². The average molecular weight is 731 g/mol. The van der Waals surface area contributed by atoms with Gasteiger partial charge < -0.3 is 29.2 Å². The van der Waals surface area contributed by atoms with Crippen LogP contribution in [0, 0.1) is 5.41 Å². The Balaban J connectivity index is 1.65. The average Bonchev–Trinajstić information content (AvgIpc) is 3.38. The van der Waals surface area contributed by atoms with Crippen molar-refractivity contribution < 1.29 is 55.7 Å². The fourth-order valence-corrected chi connectivity index (χ4v) is 4.60. The predicted octanol–water partition coefficient (Wildman–Crippen LogP) is 5.83. The van der Waals surface area contributed by atoms with E-state index in [2.05, 4.69) is 15.4 Å². The van der Waals surface area contributed by atoms with E-state index >= 15 is 0 Å². The number of pyridine rings is 1. The van der Waals surface area contributed by atoms with Crippen molar-refractivity contribution in [2.75, 3.05) is 31.4 Å². The van der Waals surface area contributed by atoms with Crippen molar-refractivity contribution in [1.82, 2.24) is 24.8 Å². The molecule has 0 saturated carbocycles. The number of ether oxygens (including phenoxy) is 4. The topological polar surface area (TPSA) is 154 Å². The number of amides is 3. The molecule has 4 rings (SSSR count). The maximum atomic E-state index is 13.7. The number of benzene rings is 1.